The van der Waals surface area contributed by atoms with Gasteiger partial charge >= 0.3 is 0 Å². The molecule has 0 aliphatic carbocycles. The molecule has 4 aromatic rings. The molecule has 0 bridgehead atoms. The highest BCUT2D eigenvalue weighted by Crippen LogP contribution is 2.35. The Balaban J connectivity index is 1.87. The van der Waals surface area contributed by atoms with E-state index in [-0.39, 0.29) is 0 Å². The number of nitrogens with zero attached hydrogens (tertiary/aromatic N) is 1. The van der Waals surface area contributed by atoms with Crippen molar-refractivity contribution >= 4 is 32.2 Å². The fourth-order valence-electron chi connectivity index (χ4n) is 2.65. The molecule has 0 saturated heterocycles. The van der Waals surface area contributed by atoms with E-state index in [0.29, 0.717) is 0 Å². The van der Waals surface area contributed by atoms with E-state index in [1.807, 2.05) is 42.6 Å². The lowest BCUT2D eigenvalue weighted by Crippen LogP contribution is -1.98. The highest BCUT2D eigenvalue weighted by atomic mass is 32.1. The van der Waals surface area contributed by atoms with Crippen LogP contribution in [0.1, 0.15) is 16.5 Å². The van der Waals surface area contributed by atoms with E-state index in [4.69, 9.17) is 0 Å². The Hall–Kier alpha value is -2.23. The van der Waals surface area contributed by atoms with Crippen molar-refractivity contribution < 1.29 is 5.11 Å². The molecular formula is C18H13NOS. The van der Waals surface area contributed by atoms with Crippen molar-refractivity contribution in [1.29, 1.82) is 0 Å². The summed E-state index contributed by atoms with van der Waals surface area (Å²) in [5.41, 5.74) is 0.861. The van der Waals surface area contributed by atoms with E-state index in [1.54, 1.807) is 17.5 Å². The average Bonchev–Trinajstić information content (AvgIpc) is 2.97. The number of hydrogen-bond donors (Lipinski definition) is 1. The van der Waals surface area contributed by atoms with E-state index in [0.717, 1.165) is 21.2 Å². The first-order chi connectivity index (χ1) is 10.3. The Morgan fingerprint density at radius 3 is 2.52 bits per heavy atom. The van der Waals surface area contributed by atoms with Crippen molar-refractivity contribution in [1.82, 2.24) is 4.98 Å². The number of fused-ring (bicyclic) bond motifs is 2. The molecule has 0 saturated carbocycles. The van der Waals surface area contributed by atoms with Crippen LogP contribution in [0, 0.1) is 0 Å². The second kappa shape index (κ2) is 4.95. The number of benzene rings is 2. The number of hydrogen-bond acceptors (Lipinski definition) is 3. The van der Waals surface area contributed by atoms with E-state index in [2.05, 4.69) is 23.2 Å². The van der Waals surface area contributed by atoms with Gasteiger partial charge in [-0.1, -0.05) is 42.5 Å². The van der Waals surface area contributed by atoms with Crippen molar-refractivity contribution in [3.63, 3.8) is 0 Å². The summed E-state index contributed by atoms with van der Waals surface area (Å²) in [7, 11) is 0. The van der Waals surface area contributed by atoms with Gasteiger partial charge in [-0.25, -0.2) is 0 Å². The van der Waals surface area contributed by atoms with Gasteiger partial charge in [0.1, 0.15) is 6.10 Å². The summed E-state index contributed by atoms with van der Waals surface area (Å²) in [5, 5.41) is 14.0. The van der Waals surface area contributed by atoms with Gasteiger partial charge in [0, 0.05) is 32.9 Å². The van der Waals surface area contributed by atoms with Crippen molar-refractivity contribution in [3.05, 3.63) is 77.4 Å². The van der Waals surface area contributed by atoms with Gasteiger partial charge in [0.2, 0.25) is 0 Å². The van der Waals surface area contributed by atoms with E-state index in [9.17, 15) is 5.11 Å². The largest absolute Gasteiger partial charge is 0.383 e. The Labute approximate surface area is 126 Å². The molecule has 2 aromatic carbocycles. The quantitative estimate of drug-likeness (QED) is 0.588. The predicted octanol–water partition coefficient (Wildman–Crippen LogP) is 4.53. The first kappa shape index (κ1) is 12.5. The molecule has 21 heavy (non-hydrogen) atoms. The molecular weight excluding hydrogens is 278 g/mol. The van der Waals surface area contributed by atoms with Crippen LogP contribution in [0.5, 0.6) is 0 Å². The normalized spacial score (nSPS) is 12.8. The molecule has 1 atom stereocenters. The molecule has 1 N–H and O–H groups in total. The molecule has 1 unspecified atom stereocenters. The minimum Gasteiger partial charge on any atom is -0.383 e. The Kier molecular flexibility index (Phi) is 2.95. The van der Waals surface area contributed by atoms with Crippen LogP contribution in [0.2, 0.25) is 0 Å². The molecule has 0 fully saturated rings. The molecule has 2 heterocycles. The van der Waals surface area contributed by atoms with Crippen LogP contribution >= 0.6 is 11.3 Å². The fraction of sp³-hybridized carbons (Fsp3) is 0.0556. The number of aliphatic hydroxyl groups excluding tert-OH is 1. The van der Waals surface area contributed by atoms with Gasteiger partial charge in [0.25, 0.3) is 0 Å². The lowest BCUT2D eigenvalue weighted by atomic mass is 10.0. The smallest absolute Gasteiger partial charge is 0.115 e. The standard InChI is InChI=1S/C18H13NOS/c20-18(17-9-12-5-2-4-8-16(12)21-17)15-11-19-10-13-6-1-3-7-14(13)15/h1-11,18,20H. The third-order valence-corrected chi connectivity index (χ3v) is 4.88. The van der Waals surface area contributed by atoms with Gasteiger partial charge < -0.3 is 5.11 Å². The zero-order valence-corrected chi connectivity index (χ0v) is 12.0. The third-order valence-electron chi connectivity index (χ3n) is 3.71. The number of thiophene rings is 1. The summed E-state index contributed by atoms with van der Waals surface area (Å²) in [5.74, 6) is 0. The summed E-state index contributed by atoms with van der Waals surface area (Å²) in [6.45, 7) is 0. The fourth-order valence-corrected chi connectivity index (χ4v) is 3.72. The minimum atomic E-state index is -0.638. The maximum Gasteiger partial charge on any atom is 0.115 e. The number of rotatable bonds is 2. The molecule has 0 radical (unpaired) electrons. The lowest BCUT2D eigenvalue weighted by molar-refractivity contribution is 0.225. The number of aromatic nitrogens is 1. The number of pyridine rings is 1. The summed E-state index contributed by atoms with van der Waals surface area (Å²) in [4.78, 5) is 5.21. The topological polar surface area (TPSA) is 33.1 Å². The molecule has 102 valence electrons. The summed E-state index contributed by atoms with van der Waals surface area (Å²) < 4.78 is 1.19. The van der Waals surface area contributed by atoms with E-state index >= 15 is 0 Å². The van der Waals surface area contributed by atoms with Crippen LogP contribution in [0.25, 0.3) is 20.9 Å². The molecule has 4 rings (SSSR count). The highest BCUT2D eigenvalue weighted by Gasteiger charge is 2.16. The summed E-state index contributed by atoms with van der Waals surface area (Å²) in [6, 6.07) is 18.3. The maximum atomic E-state index is 10.8. The Bertz CT molecular complexity index is 890. The monoisotopic (exact) mass is 291 g/mol. The minimum absolute atomic E-state index is 0.638. The van der Waals surface area contributed by atoms with Gasteiger partial charge in [-0.2, -0.15) is 0 Å². The van der Waals surface area contributed by atoms with Crippen LogP contribution in [0.4, 0.5) is 0 Å². The molecule has 0 spiro atoms. The molecule has 0 aliphatic heterocycles. The SMILES string of the molecule is OC(c1cc2ccccc2s1)c1cncc2ccccc12. The molecule has 0 aliphatic rings. The van der Waals surface area contributed by atoms with Crippen LogP contribution in [-0.4, -0.2) is 10.1 Å². The van der Waals surface area contributed by atoms with Gasteiger partial charge in [0.15, 0.2) is 0 Å². The predicted molar refractivity (Wildman–Crippen MR) is 87.6 cm³/mol. The maximum absolute atomic E-state index is 10.8. The molecule has 2 nitrogen and oxygen atoms in total. The third kappa shape index (κ3) is 2.11. The van der Waals surface area contributed by atoms with Gasteiger partial charge in [-0.05, 0) is 22.9 Å². The van der Waals surface area contributed by atoms with Crippen LogP contribution in [0.15, 0.2) is 67.0 Å². The zero-order valence-electron chi connectivity index (χ0n) is 11.2. The van der Waals surface area contributed by atoms with Crippen LogP contribution in [0.3, 0.4) is 0 Å². The second-order valence-corrected chi connectivity index (χ2v) is 6.15. The first-order valence-corrected chi connectivity index (χ1v) is 7.64. The molecule has 0 amide bonds. The summed E-state index contributed by atoms with van der Waals surface area (Å²) in [6.07, 6.45) is 2.95. The van der Waals surface area contributed by atoms with Crippen molar-refractivity contribution in [2.24, 2.45) is 0 Å². The zero-order chi connectivity index (χ0) is 14.2. The Morgan fingerprint density at radius 2 is 1.67 bits per heavy atom. The van der Waals surface area contributed by atoms with E-state index in [1.165, 1.54) is 10.1 Å². The van der Waals surface area contributed by atoms with Crippen molar-refractivity contribution in [2.45, 2.75) is 6.10 Å². The second-order valence-electron chi connectivity index (χ2n) is 5.04. The number of aliphatic hydroxyl groups is 1. The van der Waals surface area contributed by atoms with Gasteiger partial charge in [-0.3, -0.25) is 4.98 Å². The van der Waals surface area contributed by atoms with Crippen molar-refractivity contribution in [3.8, 4) is 0 Å². The van der Waals surface area contributed by atoms with Crippen LogP contribution < -0.4 is 0 Å². The van der Waals surface area contributed by atoms with Gasteiger partial charge in [0.05, 0.1) is 0 Å². The molecule has 2 aromatic heterocycles. The van der Waals surface area contributed by atoms with Crippen LogP contribution in [-0.2, 0) is 0 Å². The van der Waals surface area contributed by atoms with Crippen molar-refractivity contribution in [2.75, 3.05) is 0 Å². The Morgan fingerprint density at radius 1 is 0.905 bits per heavy atom. The summed E-state index contributed by atoms with van der Waals surface area (Å²) >= 11 is 1.63. The van der Waals surface area contributed by atoms with Gasteiger partial charge in [-0.15, -0.1) is 11.3 Å². The highest BCUT2D eigenvalue weighted by molar-refractivity contribution is 7.19. The molecule has 3 heteroatoms. The lowest BCUT2D eigenvalue weighted by Gasteiger charge is -2.11. The van der Waals surface area contributed by atoms with E-state index < -0.39 is 6.10 Å². The average molecular weight is 291 g/mol. The first-order valence-electron chi connectivity index (χ1n) is 6.82.